The lowest BCUT2D eigenvalue weighted by Crippen LogP contribution is -2.48. The van der Waals surface area contributed by atoms with E-state index in [2.05, 4.69) is 31.0 Å². The maximum Gasteiger partial charge on any atom is 0.404 e. The molecule has 3 heterocycles. The average Bonchev–Trinajstić information content (AvgIpc) is 3.23. The molecule has 1 saturated carbocycles. The van der Waals surface area contributed by atoms with E-state index < -0.39 is 23.9 Å². The maximum atomic E-state index is 14.8. The zero-order valence-corrected chi connectivity index (χ0v) is 18.6. The molecule has 1 aliphatic rings. The molecule has 0 spiro atoms. The minimum Gasteiger partial charge on any atom is -0.465 e. The molecule has 178 valence electrons. The van der Waals surface area contributed by atoms with Gasteiger partial charge in [-0.05, 0) is 25.0 Å². The van der Waals surface area contributed by atoms with Crippen LogP contribution in [0.25, 0.3) is 5.69 Å². The lowest BCUT2D eigenvalue weighted by Gasteiger charge is -2.32. The fourth-order valence-electron chi connectivity index (χ4n) is 3.88. The van der Waals surface area contributed by atoms with Crippen molar-refractivity contribution in [3.8, 4) is 5.69 Å². The number of pyridine rings is 2. The van der Waals surface area contributed by atoms with Gasteiger partial charge < -0.3 is 26.8 Å². The molecule has 2 amide bonds. The number of nitrogens with zero attached hydrogens (tertiary/aromatic N) is 4. The van der Waals surface area contributed by atoms with Crippen LogP contribution in [-0.2, 0) is 0 Å². The third-order valence-corrected chi connectivity index (χ3v) is 5.64. The first-order valence-corrected chi connectivity index (χ1v) is 10.9. The van der Waals surface area contributed by atoms with Gasteiger partial charge in [-0.25, -0.2) is 18.9 Å². The molecule has 3 aromatic heterocycles. The fourth-order valence-corrected chi connectivity index (χ4v) is 4.02. The van der Waals surface area contributed by atoms with E-state index in [-0.39, 0.29) is 23.2 Å². The van der Waals surface area contributed by atoms with Crippen LogP contribution in [0.4, 0.5) is 26.5 Å². The van der Waals surface area contributed by atoms with E-state index >= 15 is 0 Å². The molecule has 0 unspecified atom stereocenters. The number of rotatable bonds is 7. The molecule has 1 aliphatic carbocycles. The van der Waals surface area contributed by atoms with Crippen molar-refractivity contribution in [2.24, 2.45) is 5.73 Å². The van der Waals surface area contributed by atoms with E-state index in [4.69, 9.17) is 22.4 Å². The summed E-state index contributed by atoms with van der Waals surface area (Å²) in [5.74, 6) is -1.75. The molecule has 0 bridgehead atoms. The minimum absolute atomic E-state index is 0.0207. The van der Waals surface area contributed by atoms with Gasteiger partial charge in [-0.1, -0.05) is 24.4 Å². The first-order valence-electron chi connectivity index (χ1n) is 10.5. The van der Waals surface area contributed by atoms with E-state index in [1.807, 2.05) is 0 Å². The molecule has 1 fully saturated rings. The summed E-state index contributed by atoms with van der Waals surface area (Å²) < 4.78 is 16.3. The highest BCUT2D eigenvalue weighted by Gasteiger charge is 2.28. The summed E-state index contributed by atoms with van der Waals surface area (Å²) in [6.07, 6.45) is 7.94. The largest absolute Gasteiger partial charge is 0.465 e. The van der Waals surface area contributed by atoms with Crippen LogP contribution >= 0.6 is 11.6 Å². The van der Waals surface area contributed by atoms with Crippen LogP contribution < -0.4 is 21.7 Å². The molecule has 0 radical (unpaired) electrons. The second-order valence-corrected chi connectivity index (χ2v) is 8.27. The van der Waals surface area contributed by atoms with Crippen LogP contribution in [0.15, 0.2) is 36.9 Å². The Labute approximate surface area is 198 Å². The number of nitrogens with two attached hydrogens (primary N) is 1. The molecule has 0 saturated heterocycles. The Balaban J connectivity index is 1.63. The van der Waals surface area contributed by atoms with Gasteiger partial charge in [-0.15, -0.1) is 0 Å². The molecule has 0 aromatic carbocycles. The molecule has 11 nitrogen and oxygen atoms in total. The van der Waals surface area contributed by atoms with Gasteiger partial charge in [0.1, 0.15) is 5.82 Å². The SMILES string of the molecule is NC(=O)c1cc(F)c(N[C@@H]2CCCC[C@@H]2NC(=O)O)nc1Nc1cncc(-n2cc(Cl)cn2)c1. The number of primary amides is 1. The van der Waals surface area contributed by atoms with E-state index in [0.717, 1.165) is 18.9 Å². The topological polar surface area (TPSA) is 160 Å². The van der Waals surface area contributed by atoms with Crippen LogP contribution in [-0.4, -0.2) is 48.9 Å². The number of hydrogen-bond acceptors (Lipinski definition) is 7. The van der Waals surface area contributed by atoms with Gasteiger partial charge in [0.15, 0.2) is 11.6 Å². The highest BCUT2D eigenvalue weighted by atomic mass is 35.5. The van der Waals surface area contributed by atoms with Crippen LogP contribution in [0.1, 0.15) is 36.0 Å². The quantitative estimate of drug-likeness (QED) is 0.338. The highest BCUT2D eigenvalue weighted by molar-refractivity contribution is 6.30. The molecule has 13 heteroatoms. The molecular weight excluding hydrogens is 467 g/mol. The van der Waals surface area contributed by atoms with Gasteiger partial charge in [-0.3, -0.25) is 9.78 Å². The van der Waals surface area contributed by atoms with Gasteiger partial charge in [0.2, 0.25) is 0 Å². The third-order valence-electron chi connectivity index (χ3n) is 5.44. The van der Waals surface area contributed by atoms with Gasteiger partial charge in [0.05, 0.1) is 46.6 Å². The van der Waals surface area contributed by atoms with Crippen LogP contribution in [0, 0.1) is 5.82 Å². The molecule has 6 N–H and O–H groups in total. The van der Waals surface area contributed by atoms with Crippen molar-refractivity contribution in [1.29, 1.82) is 0 Å². The third kappa shape index (κ3) is 5.34. The molecule has 3 aromatic rings. The van der Waals surface area contributed by atoms with Crippen LogP contribution in [0.5, 0.6) is 0 Å². The van der Waals surface area contributed by atoms with Crippen molar-refractivity contribution in [1.82, 2.24) is 25.1 Å². The fraction of sp³-hybridized carbons (Fsp3) is 0.286. The molecule has 4 rings (SSSR count). The Morgan fingerprint density at radius 2 is 1.91 bits per heavy atom. The maximum absolute atomic E-state index is 14.8. The second kappa shape index (κ2) is 9.91. The zero-order valence-electron chi connectivity index (χ0n) is 17.8. The Morgan fingerprint density at radius 1 is 1.15 bits per heavy atom. The second-order valence-electron chi connectivity index (χ2n) is 7.83. The molecule has 2 atom stereocenters. The standard InChI is InChI=1S/C21H22ClFN8O3/c22-11-7-26-31(10-11)13-5-12(8-25-9-13)27-19-14(18(24)32)6-15(23)20(30-19)28-16-3-1-2-4-17(16)29-21(33)34/h5-10,16-17,29H,1-4H2,(H2,24,32)(H,33,34)(H2,27,28,30)/t16-,17+/m1/s1. The van der Waals surface area contributed by atoms with Crippen molar-refractivity contribution in [3.63, 3.8) is 0 Å². The smallest absolute Gasteiger partial charge is 0.404 e. The van der Waals surface area contributed by atoms with Gasteiger partial charge in [-0.2, -0.15) is 5.10 Å². The van der Waals surface area contributed by atoms with E-state index in [1.54, 1.807) is 18.5 Å². The number of carbonyl (C=O) groups is 2. The summed E-state index contributed by atoms with van der Waals surface area (Å²) in [7, 11) is 0. The van der Waals surface area contributed by atoms with Crippen molar-refractivity contribution in [3.05, 3.63) is 53.3 Å². The Bertz CT molecular complexity index is 1220. The number of nitrogens with one attached hydrogen (secondary N) is 3. The molecular formula is C21H22ClFN8O3. The van der Waals surface area contributed by atoms with Crippen molar-refractivity contribution >= 4 is 40.9 Å². The average molecular weight is 489 g/mol. The predicted octanol–water partition coefficient (Wildman–Crippen LogP) is 3.29. The van der Waals surface area contributed by atoms with E-state index in [9.17, 15) is 14.0 Å². The van der Waals surface area contributed by atoms with Crippen LogP contribution in [0.3, 0.4) is 0 Å². The summed E-state index contributed by atoms with van der Waals surface area (Å²) in [4.78, 5) is 31.5. The monoisotopic (exact) mass is 488 g/mol. The number of carboxylic acid groups (broad SMARTS) is 1. The number of aromatic nitrogens is 4. The first kappa shape index (κ1) is 23.2. The van der Waals surface area contributed by atoms with E-state index in [0.29, 0.717) is 29.2 Å². The number of anilines is 3. The molecule has 34 heavy (non-hydrogen) atoms. The first-order chi connectivity index (χ1) is 16.3. The number of hydrogen-bond donors (Lipinski definition) is 5. The Hall–Kier alpha value is -3.93. The van der Waals surface area contributed by atoms with Crippen molar-refractivity contribution < 1.29 is 19.1 Å². The normalized spacial score (nSPS) is 17.7. The summed E-state index contributed by atoms with van der Waals surface area (Å²) in [6, 6.07) is 1.91. The zero-order chi connectivity index (χ0) is 24.2. The highest BCUT2D eigenvalue weighted by Crippen LogP contribution is 2.27. The lowest BCUT2D eigenvalue weighted by molar-refractivity contribution is 0.1000. The number of amides is 2. The lowest BCUT2D eigenvalue weighted by atomic mass is 9.90. The Morgan fingerprint density at radius 3 is 2.59 bits per heavy atom. The minimum atomic E-state index is -1.15. The van der Waals surface area contributed by atoms with Gasteiger partial charge in [0.25, 0.3) is 5.91 Å². The Kier molecular flexibility index (Phi) is 6.77. The van der Waals surface area contributed by atoms with Crippen molar-refractivity contribution in [2.75, 3.05) is 10.6 Å². The molecule has 0 aliphatic heterocycles. The summed E-state index contributed by atoms with van der Waals surface area (Å²) in [5.41, 5.74) is 6.32. The predicted molar refractivity (Wildman–Crippen MR) is 123 cm³/mol. The van der Waals surface area contributed by atoms with Gasteiger partial charge in [0, 0.05) is 12.2 Å². The van der Waals surface area contributed by atoms with Crippen molar-refractivity contribution in [2.45, 2.75) is 37.8 Å². The number of carbonyl (C=O) groups excluding carboxylic acids is 1. The summed E-state index contributed by atoms with van der Waals surface area (Å²) in [5, 5.41) is 22.1. The number of halogens is 2. The van der Waals surface area contributed by atoms with Crippen LogP contribution in [0.2, 0.25) is 5.02 Å². The van der Waals surface area contributed by atoms with E-state index in [1.165, 1.54) is 17.1 Å². The summed E-state index contributed by atoms with van der Waals surface area (Å²) in [6.45, 7) is 0. The summed E-state index contributed by atoms with van der Waals surface area (Å²) >= 11 is 5.93. The van der Waals surface area contributed by atoms with Gasteiger partial charge >= 0.3 is 6.09 Å².